The topological polar surface area (TPSA) is 51.0 Å². The highest BCUT2D eigenvalue weighted by Gasteiger charge is 2.17. The van der Waals surface area contributed by atoms with E-state index in [2.05, 4.69) is 19.2 Å². The predicted octanol–water partition coefficient (Wildman–Crippen LogP) is 2.86. The van der Waals surface area contributed by atoms with Gasteiger partial charge in [0.15, 0.2) is 0 Å². The maximum Gasteiger partial charge on any atom is 0.148 e. The lowest BCUT2D eigenvalue weighted by atomic mass is 10.2. The maximum atomic E-state index is 5.60. The molecule has 2 atom stereocenters. The van der Waals surface area contributed by atoms with Gasteiger partial charge in [0.2, 0.25) is 0 Å². The Kier molecular flexibility index (Phi) is 14.1. The molecular weight excluding hydrogens is 246 g/mol. The van der Waals surface area contributed by atoms with Gasteiger partial charge in [-0.2, -0.15) is 5.32 Å². The van der Waals surface area contributed by atoms with Gasteiger partial charge in [0, 0.05) is 13.2 Å². The molecule has 0 rings (SSSR count). The Hall–Kier alpha value is -0.200. The molecule has 0 N–H and O–H groups in total. The van der Waals surface area contributed by atoms with E-state index in [9.17, 15) is 0 Å². The molecule has 0 aliphatic rings. The molecular formula is C14H30NO4. The number of nitrogens with zero attached hydrogens (tertiary/aromatic N) is 1. The van der Waals surface area contributed by atoms with Crippen LogP contribution in [0.1, 0.15) is 53.4 Å². The molecule has 0 aliphatic heterocycles. The van der Waals surface area contributed by atoms with Crippen molar-refractivity contribution < 1.29 is 18.9 Å². The molecule has 0 spiro atoms. The van der Waals surface area contributed by atoms with Gasteiger partial charge in [0.25, 0.3) is 0 Å². The van der Waals surface area contributed by atoms with Gasteiger partial charge in [-0.1, -0.05) is 26.7 Å². The van der Waals surface area contributed by atoms with Gasteiger partial charge in [0.1, 0.15) is 26.0 Å². The molecule has 19 heavy (non-hydrogen) atoms. The highest BCUT2D eigenvalue weighted by atomic mass is 16.7. The summed E-state index contributed by atoms with van der Waals surface area (Å²) in [6.07, 6.45) is 3.48. The Morgan fingerprint density at radius 3 is 1.47 bits per heavy atom. The van der Waals surface area contributed by atoms with Crippen LogP contribution in [-0.2, 0) is 18.9 Å². The van der Waals surface area contributed by atoms with Crippen molar-refractivity contribution in [2.75, 3.05) is 26.8 Å². The second-order valence-electron chi connectivity index (χ2n) is 4.19. The van der Waals surface area contributed by atoms with Crippen LogP contribution in [0.25, 0.3) is 0 Å². The average molecular weight is 276 g/mol. The molecule has 115 valence electrons. The molecule has 0 fully saturated rings. The third-order valence-electron chi connectivity index (χ3n) is 2.50. The Morgan fingerprint density at radius 1 is 0.737 bits per heavy atom. The van der Waals surface area contributed by atoms with Crippen molar-refractivity contribution in [3.05, 3.63) is 0 Å². The maximum absolute atomic E-state index is 5.60. The van der Waals surface area contributed by atoms with E-state index in [1.165, 1.54) is 0 Å². The lowest BCUT2D eigenvalue weighted by Crippen LogP contribution is -2.36. The first-order valence-electron chi connectivity index (χ1n) is 7.36. The van der Waals surface area contributed by atoms with Crippen molar-refractivity contribution in [2.24, 2.45) is 0 Å². The third kappa shape index (κ3) is 11.3. The molecule has 0 aliphatic carbocycles. The first-order chi connectivity index (χ1) is 9.28. The van der Waals surface area contributed by atoms with Crippen LogP contribution in [-0.4, -0.2) is 39.3 Å². The van der Waals surface area contributed by atoms with Crippen molar-refractivity contribution in [1.82, 2.24) is 5.32 Å². The van der Waals surface area contributed by atoms with Gasteiger partial charge in [-0.15, -0.1) is 0 Å². The predicted molar refractivity (Wildman–Crippen MR) is 74.7 cm³/mol. The van der Waals surface area contributed by atoms with E-state index in [4.69, 9.17) is 18.9 Å². The molecule has 0 heterocycles. The summed E-state index contributed by atoms with van der Waals surface area (Å²) >= 11 is 0. The lowest BCUT2D eigenvalue weighted by molar-refractivity contribution is -0.146. The number of hydrogen-bond donors (Lipinski definition) is 0. The summed E-state index contributed by atoms with van der Waals surface area (Å²) in [7, 11) is 0. The van der Waals surface area contributed by atoms with Crippen molar-refractivity contribution in [3.63, 3.8) is 0 Å². The quantitative estimate of drug-likeness (QED) is 0.361. The summed E-state index contributed by atoms with van der Waals surface area (Å²) < 4.78 is 21.6. The fraction of sp³-hybridized carbons (Fsp3) is 1.00. The molecule has 2 unspecified atom stereocenters. The van der Waals surface area contributed by atoms with E-state index in [1.54, 1.807) is 0 Å². The monoisotopic (exact) mass is 276 g/mol. The minimum absolute atomic E-state index is 0.158. The number of ether oxygens (including phenoxy) is 4. The van der Waals surface area contributed by atoms with Crippen molar-refractivity contribution in [1.29, 1.82) is 0 Å². The Balaban J connectivity index is 4.05. The smallest absolute Gasteiger partial charge is 0.148 e. The Labute approximate surface area is 117 Å². The van der Waals surface area contributed by atoms with Gasteiger partial charge in [-0.25, -0.2) is 0 Å². The molecule has 0 saturated carbocycles. The van der Waals surface area contributed by atoms with Gasteiger partial charge in [0.05, 0.1) is 0 Å². The molecule has 5 nitrogen and oxygen atoms in total. The molecule has 0 amide bonds. The Morgan fingerprint density at radius 2 is 1.16 bits per heavy atom. The zero-order valence-corrected chi connectivity index (χ0v) is 12.9. The van der Waals surface area contributed by atoms with E-state index in [0.29, 0.717) is 13.2 Å². The van der Waals surface area contributed by atoms with Crippen LogP contribution < -0.4 is 5.32 Å². The molecule has 0 bridgehead atoms. The molecule has 0 saturated heterocycles. The standard InChI is InChI=1S/C14H30NO4/c1-5-9-13(18-11-16-7-3)15-14(10-6-2)19-12-17-8-4/h13-14H,5-12H2,1-4H3. The minimum Gasteiger partial charge on any atom is -0.356 e. The molecule has 0 aromatic carbocycles. The van der Waals surface area contributed by atoms with Crippen LogP contribution in [0.2, 0.25) is 0 Å². The van der Waals surface area contributed by atoms with Gasteiger partial charge in [-0.05, 0) is 26.7 Å². The summed E-state index contributed by atoms with van der Waals surface area (Å²) in [5, 5.41) is 4.59. The van der Waals surface area contributed by atoms with E-state index in [1.807, 2.05) is 13.8 Å². The normalized spacial score (nSPS) is 14.5. The summed E-state index contributed by atoms with van der Waals surface area (Å²) in [5.74, 6) is 0. The fourth-order valence-corrected chi connectivity index (χ4v) is 1.50. The molecule has 0 aromatic rings. The first-order valence-corrected chi connectivity index (χ1v) is 7.36. The van der Waals surface area contributed by atoms with E-state index < -0.39 is 0 Å². The largest absolute Gasteiger partial charge is 0.356 e. The average Bonchev–Trinajstić information content (AvgIpc) is 2.39. The van der Waals surface area contributed by atoms with Crippen LogP contribution in [0.4, 0.5) is 0 Å². The highest BCUT2D eigenvalue weighted by molar-refractivity contribution is 4.59. The lowest BCUT2D eigenvalue weighted by Gasteiger charge is -2.23. The van der Waals surface area contributed by atoms with Gasteiger partial charge < -0.3 is 18.9 Å². The minimum atomic E-state index is -0.158. The second kappa shape index (κ2) is 14.2. The SMILES string of the molecule is CCCC([N]C(CCC)OCOCC)OCOCC. The highest BCUT2D eigenvalue weighted by Crippen LogP contribution is 2.08. The van der Waals surface area contributed by atoms with Gasteiger partial charge >= 0.3 is 0 Å². The summed E-state index contributed by atoms with van der Waals surface area (Å²) in [4.78, 5) is 0. The summed E-state index contributed by atoms with van der Waals surface area (Å²) in [5.41, 5.74) is 0. The molecule has 1 radical (unpaired) electrons. The van der Waals surface area contributed by atoms with Crippen molar-refractivity contribution in [3.8, 4) is 0 Å². The molecule has 5 heteroatoms. The van der Waals surface area contributed by atoms with Crippen molar-refractivity contribution >= 4 is 0 Å². The summed E-state index contributed by atoms with van der Waals surface area (Å²) in [6.45, 7) is 9.99. The number of rotatable bonds is 14. The molecule has 0 aromatic heterocycles. The van der Waals surface area contributed by atoms with E-state index in [-0.39, 0.29) is 26.0 Å². The third-order valence-corrected chi connectivity index (χ3v) is 2.50. The fourth-order valence-electron chi connectivity index (χ4n) is 1.50. The summed E-state index contributed by atoms with van der Waals surface area (Å²) in [6, 6.07) is 0. The zero-order chi connectivity index (χ0) is 14.3. The van der Waals surface area contributed by atoms with Crippen LogP contribution in [0, 0.1) is 0 Å². The zero-order valence-electron chi connectivity index (χ0n) is 12.9. The van der Waals surface area contributed by atoms with Crippen LogP contribution in [0.3, 0.4) is 0 Å². The van der Waals surface area contributed by atoms with Crippen LogP contribution in [0.5, 0.6) is 0 Å². The van der Waals surface area contributed by atoms with E-state index in [0.717, 1.165) is 25.7 Å². The second-order valence-corrected chi connectivity index (χ2v) is 4.19. The Bertz CT molecular complexity index is 163. The van der Waals surface area contributed by atoms with Crippen molar-refractivity contribution in [2.45, 2.75) is 65.8 Å². The first kappa shape index (κ1) is 18.8. The van der Waals surface area contributed by atoms with Crippen LogP contribution in [0.15, 0.2) is 0 Å². The number of hydrogen-bond acceptors (Lipinski definition) is 4. The van der Waals surface area contributed by atoms with Gasteiger partial charge in [-0.3, -0.25) is 0 Å². The van der Waals surface area contributed by atoms with E-state index >= 15 is 0 Å². The van der Waals surface area contributed by atoms with Crippen LogP contribution >= 0.6 is 0 Å².